The lowest BCUT2D eigenvalue weighted by atomic mass is 10.1. The van der Waals surface area contributed by atoms with E-state index in [0.29, 0.717) is 42.5 Å². The first-order valence-electron chi connectivity index (χ1n) is 9.76. The monoisotopic (exact) mass is 395 g/mol. The quantitative estimate of drug-likeness (QED) is 0.358. The highest BCUT2D eigenvalue weighted by atomic mass is 16.5. The standard InChI is InChI=1S/C20H33N3O5/c1-5-21-20(22-9-6-10-28-16-7-11-27-12-8-16)23-15-13-17(24-2)19(26-4)18(14-15)25-3/h13-14,16H,5-12H2,1-4H3,(H2,21,22,23). The predicted octanol–water partition coefficient (Wildman–Crippen LogP) is 2.68. The minimum atomic E-state index is 0.323. The molecule has 1 fully saturated rings. The fourth-order valence-corrected chi connectivity index (χ4v) is 2.95. The maximum absolute atomic E-state index is 5.89. The van der Waals surface area contributed by atoms with Gasteiger partial charge in [-0.05, 0) is 26.2 Å². The van der Waals surface area contributed by atoms with Gasteiger partial charge in [-0.2, -0.15) is 0 Å². The van der Waals surface area contributed by atoms with Gasteiger partial charge in [-0.15, -0.1) is 0 Å². The van der Waals surface area contributed by atoms with Crippen molar-refractivity contribution in [3.63, 3.8) is 0 Å². The number of guanidine groups is 1. The zero-order valence-corrected chi connectivity index (χ0v) is 17.4. The van der Waals surface area contributed by atoms with Crippen molar-refractivity contribution in [3.05, 3.63) is 12.1 Å². The van der Waals surface area contributed by atoms with Gasteiger partial charge < -0.3 is 34.3 Å². The van der Waals surface area contributed by atoms with Crippen molar-refractivity contribution in [2.24, 2.45) is 4.99 Å². The van der Waals surface area contributed by atoms with Crippen molar-refractivity contribution in [1.29, 1.82) is 0 Å². The molecule has 1 aliphatic heterocycles. The van der Waals surface area contributed by atoms with Crippen LogP contribution in [0.15, 0.2) is 17.1 Å². The summed E-state index contributed by atoms with van der Waals surface area (Å²) in [6, 6.07) is 3.70. The zero-order valence-electron chi connectivity index (χ0n) is 17.4. The van der Waals surface area contributed by atoms with Crippen molar-refractivity contribution >= 4 is 11.6 Å². The average Bonchev–Trinajstić information content (AvgIpc) is 2.73. The van der Waals surface area contributed by atoms with Gasteiger partial charge in [0.2, 0.25) is 5.75 Å². The second kappa shape index (κ2) is 12.3. The zero-order chi connectivity index (χ0) is 20.2. The Hall–Kier alpha value is -2.19. The van der Waals surface area contributed by atoms with Crippen LogP contribution in [0.25, 0.3) is 0 Å². The minimum absolute atomic E-state index is 0.323. The number of hydrogen-bond acceptors (Lipinski definition) is 6. The Labute approximate surface area is 167 Å². The van der Waals surface area contributed by atoms with Crippen molar-refractivity contribution in [3.8, 4) is 17.2 Å². The third-order valence-corrected chi connectivity index (χ3v) is 4.37. The Morgan fingerprint density at radius 3 is 2.36 bits per heavy atom. The number of anilines is 1. The first-order valence-corrected chi connectivity index (χ1v) is 9.76. The Bertz CT molecular complexity index is 593. The molecule has 1 aromatic carbocycles. The van der Waals surface area contributed by atoms with Crippen LogP contribution in [0.4, 0.5) is 5.69 Å². The van der Waals surface area contributed by atoms with Crippen molar-refractivity contribution in [1.82, 2.24) is 5.32 Å². The van der Waals surface area contributed by atoms with Crippen molar-refractivity contribution in [2.45, 2.75) is 32.3 Å². The molecule has 0 spiro atoms. The van der Waals surface area contributed by atoms with Crippen LogP contribution in [0.1, 0.15) is 26.2 Å². The highest BCUT2D eigenvalue weighted by Crippen LogP contribution is 2.39. The van der Waals surface area contributed by atoms with Gasteiger partial charge in [0, 0.05) is 50.7 Å². The summed E-state index contributed by atoms with van der Waals surface area (Å²) in [6.45, 7) is 5.76. The number of benzene rings is 1. The first kappa shape index (κ1) is 22.1. The summed E-state index contributed by atoms with van der Waals surface area (Å²) in [4.78, 5) is 4.62. The van der Waals surface area contributed by atoms with E-state index in [1.54, 1.807) is 21.3 Å². The maximum atomic E-state index is 5.89. The van der Waals surface area contributed by atoms with Gasteiger partial charge in [0.25, 0.3) is 0 Å². The van der Waals surface area contributed by atoms with Gasteiger partial charge in [0.05, 0.1) is 27.4 Å². The molecule has 1 saturated heterocycles. The molecule has 0 radical (unpaired) electrons. The van der Waals surface area contributed by atoms with Crippen LogP contribution >= 0.6 is 0 Å². The molecule has 8 nitrogen and oxygen atoms in total. The van der Waals surface area contributed by atoms with Gasteiger partial charge in [-0.25, -0.2) is 0 Å². The number of aliphatic imine (C=N–C) groups is 1. The van der Waals surface area contributed by atoms with E-state index in [-0.39, 0.29) is 0 Å². The molecule has 1 heterocycles. The van der Waals surface area contributed by atoms with Crippen LogP contribution in [0, 0.1) is 0 Å². The third-order valence-electron chi connectivity index (χ3n) is 4.37. The summed E-state index contributed by atoms with van der Waals surface area (Å²) in [5, 5.41) is 6.53. The van der Waals surface area contributed by atoms with Gasteiger partial charge in [0.1, 0.15) is 0 Å². The molecule has 0 bridgehead atoms. The highest BCUT2D eigenvalue weighted by Gasteiger charge is 2.15. The van der Waals surface area contributed by atoms with E-state index in [2.05, 4.69) is 15.6 Å². The Kier molecular flexibility index (Phi) is 9.71. The topological polar surface area (TPSA) is 82.6 Å². The lowest BCUT2D eigenvalue weighted by Crippen LogP contribution is -2.31. The number of hydrogen-bond donors (Lipinski definition) is 2. The lowest BCUT2D eigenvalue weighted by molar-refractivity contribution is -0.0318. The Morgan fingerprint density at radius 2 is 1.79 bits per heavy atom. The maximum Gasteiger partial charge on any atom is 0.203 e. The van der Waals surface area contributed by atoms with Crippen LogP contribution in [0.5, 0.6) is 17.2 Å². The molecule has 1 aromatic rings. The van der Waals surface area contributed by atoms with E-state index >= 15 is 0 Å². The number of nitrogens with one attached hydrogen (secondary N) is 2. The number of nitrogens with zero attached hydrogens (tertiary/aromatic N) is 1. The molecule has 0 saturated carbocycles. The molecular formula is C20H33N3O5. The second-order valence-electron chi connectivity index (χ2n) is 6.34. The van der Waals surface area contributed by atoms with E-state index in [0.717, 1.165) is 44.7 Å². The summed E-state index contributed by atoms with van der Waals surface area (Å²) in [7, 11) is 4.78. The van der Waals surface area contributed by atoms with Crippen molar-refractivity contribution < 1.29 is 23.7 Å². The molecule has 0 unspecified atom stereocenters. The molecule has 2 rings (SSSR count). The van der Waals surface area contributed by atoms with Gasteiger partial charge in [-0.3, -0.25) is 4.99 Å². The summed E-state index contributed by atoms with van der Waals surface area (Å²) >= 11 is 0. The van der Waals surface area contributed by atoms with Crippen LogP contribution in [0.3, 0.4) is 0 Å². The number of ether oxygens (including phenoxy) is 5. The number of methoxy groups -OCH3 is 3. The van der Waals surface area contributed by atoms with Gasteiger partial charge >= 0.3 is 0 Å². The molecule has 0 aromatic heterocycles. The first-order chi connectivity index (χ1) is 13.7. The third kappa shape index (κ3) is 6.76. The van der Waals surface area contributed by atoms with Crippen LogP contribution < -0.4 is 24.8 Å². The molecular weight excluding hydrogens is 362 g/mol. The van der Waals surface area contributed by atoms with E-state index in [1.807, 2.05) is 19.1 Å². The smallest absolute Gasteiger partial charge is 0.203 e. The van der Waals surface area contributed by atoms with E-state index < -0.39 is 0 Å². The fraction of sp³-hybridized carbons (Fsp3) is 0.650. The van der Waals surface area contributed by atoms with E-state index in [9.17, 15) is 0 Å². The highest BCUT2D eigenvalue weighted by molar-refractivity contribution is 5.94. The largest absolute Gasteiger partial charge is 0.493 e. The molecule has 1 aliphatic rings. The molecule has 158 valence electrons. The molecule has 0 amide bonds. The fourth-order valence-electron chi connectivity index (χ4n) is 2.95. The summed E-state index contributed by atoms with van der Waals surface area (Å²) in [5.41, 5.74) is 0.799. The minimum Gasteiger partial charge on any atom is -0.493 e. The number of rotatable bonds is 10. The Balaban J connectivity index is 1.92. The lowest BCUT2D eigenvalue weighted by Gasteiger charge is -2.22. The summed E-state index contributed by atoms with van der Waals surface area (Å²) in [5.74, 6) is 2.43. The van der Waals surface area contributed by atoms with Crippen LogP contribution in [-0.4, -0.2) is 66.3 Å². The van der Waals surface area contributed by atoms with Crippen LogP contribution in [0.2, 0.25) is 0 Å². The van der Waals surface area contributed by atoms with E-state index in [1.165, 1.54) is 0 Å². The second-order valence-corrected chi connectivity index (χ2v) is 6.34. The van der Waals surface area contributed by atoms with Crippen LogP contribution in [-0.2, 0) is 9.47 Å². The molecule has 2 N–H and O–H groups in total. The summed E-state index contributed by atoms with van der Waals surface area (Å²) in [6.07, 6.45) is 3.15. The molecule has 28 heavy (non-hydrogen) atoms. The SMILES string of the molecule is CCNC(=NCCCOC1CCOCC1)Nc1cc(OC)c(OC)c(OC)c1. The molecule has 0 aliphatic carbocycles. The predicted molar refractivity (Wildman–Crippen MR) is 110 cm³/mol. The van der Waals surface area contributed by atoms with E-state index in [4.69, 9.17) is 23.7 Å². The van der Waals surface area contributed by atoms with Gasteiger partial charge in [0.15, 0.2) is 17.5 Å². The molecule has 0 atom stereocenters. The summed E-state index contributed by atoms with van der Waals surface area (Å²) < 4.78 is 27.4. The van der Waals surface area contributed by atoms with Gasteiger partial charge in [-0.1, -0.05) is 0 Å². The van der Waals surface area contributed by atoms with Crippen molar-refractivity contribution in [2.75, 3.05) is 59.6 Å². The molecule has 8 heteroatoms. The normalized spacial score (nSPS) is 15.2. The average molecular weight is 396 g/mol. The Morgan fingerprint density at radius 1 is 1.11 bits per heavy atom.